The standard InChI is InChI=1S/C20H22N2O5S2/c1-3-17(18-5-4-10-28-18)22-19(23)15-11-21(12-16(15)20(22)24)29(25,26)14-8-6-13(27-2)7-9-14/h4-10,15-17H,3,11-12H2,1-2H3/t15-,16+,17?. The highest BCUT2D eigenvalue weighted by Crippen LogP contribution is 2.41. The first-order valence-electron chi connectivity index (χ1n) is 9.43. The number of ether oxygens (including phenoxy) is 1. The largest absolute Gasteiger partial charge is 0.497 e. The summed E-state index contributed by atoms with van der Waals surface area (Å²) in [5.74, 6) is -1.23. The van der Waals surface area contributed by atoms with Gasteiger partial charge in [0, 0.05) is 18.0 Å². The number of nitrogens with zero attached hydrogens (tertiary/aromatic N) is 2. The van der Waals surface area contributed by atoms with Crippen LogP contribution in [-0.4, -0.2) is 49.6 Å². The van der Waals surface area contributed by atoms with Crippen LogP contribution in [0.3, 0.4) is 0 Å². The van der Waals surface area contributed by atoms with Crippen molar-refractivity contribution in [1.82, 2.24) is 9.21 Å². The molecule has 154 valence electrons. The number of fused-ring (bicyclic) bond motifs is 1. The molecule has 0 aliphatic carbocycles. The number of rotatable bonds is 6. The molecule has 0 radical (unpaired) electrons. The van der Waals surface area contributed by atoms with Crippen LogP contribution < -0.4 is 4.74 Å². The number of amides is 2. The van der Waals surface area contributed by atoms with Gasteiger partial charge in [0.05, 0.1) is 29.9 Å². The Kier molecular flexibility index (Phi) is 5.22. The quantitative estimate of drug-likeness (QED) is 0.653. The zero-order valence-corrected chi connectivity index (χ0v) is 17.8. The third-order valence-corrected chi connectivity index (χ3v) is 8.48. The number of methoxy groups -OCH3 is 1. The topological polar surface area (TPSA) is 84.0 Å². The highest BCUT2D eigenvalue weighted by molar-refractivity contribution is 7.89. The lowest BCUT2D eigenvalue weighted by molar-refractivity contribution is -0.143. The van der Waals surface area contributed by atoms with Gasteiger partial charge in [-0.15, -0.1) is 11.3 Å². The highest BCUT2D eigenvalue weighted by Gasteiger charge is 2.56. The Bertz CT molecular complexity index is 994. The van der Waals surface area contributed by atoms with Crippen molar-refractivity contribution < 1.29 is 22.7 Å². The molecule has 1 unspecified atom stereocenters. The summed E-state index contributed by atoms with van der Waals surface area (Å²) < 4.78 is 32.3. The molecular formula is C20H22N2O5S2. The summed E-state index contributed by atoms with van der Waals surface area (Å²) >= 11 is 1.52. The molecule has 0 bridgehead atoms. The Hall–Kier alpha value is -2.23. The van der Waals surface area contributed by atoms with E-state index in [4.69, 9.17) is 4.74 Å². The number of thiophene rings is 1. The van der Waals surface area contributed by atoms with Crippen molar-refractivity contribution in [2.45, 2.75) is 24.3 Å². The van der Waals surface area contributed by atoms with Gasteiger partial charge >= 0.3 is 0 Å². The monoisotopic (exact) mass is 434 g/mol. The average molecular weight is 435 g/mol. The second-order valence-electron chi connectivity index (χ2n) is 7.20. The van der Waals surface area contributed by atoms with Gasteiger partial charge in [-0.25, -0.2) is 8.42 Å². The molecule has 9 heteroatoms. The number of benzene rings is 1. The van der Waals surface area contributed by atoms with Crippen molar-refractivity contribution in [3.8, 4) is 5.75 Å². The van der Waals surface area contributed by atoms with Crippen LogP contribution in [-0.2, 0) is 19.6 Å². The Morgan fingerprint density at radius 1 is 1.10 bits per heavy atom. The molecule has 4 rings (SSSR count). The van der Waals surface area contributed by atoms with E-state index in [1.165, 1.54) is 39.8 Å². The van der Waals surface area contributed by atoms with E-state index in [1.54, 1.807) is 12.1 Å². The third-order valence-electron chi connectivity index (χ3n) is 5.66. The molecule has 1 aromatic carbocycles. The smallest absolute Gasteiger partial charge is 0.243 e. The van der Waals surface area contributed by atoms with Crippen molar-refractivity contribution in [1.29, 1.82) is 0 Å². The molecule has 1 aromatic heterocycles. The van der Waals surface area contributed by atoms with Gasteiger partial charge in [0.2, 0.25) is 21.8 Å². The van der Waals surface area contributed by atoms with E-state index in [1.807, 2.05) is 24.4 Å². The molecule has 2 saturated heterocycles. The number of imide groups is 1. The molecule has 3 heterocycles. The van der Waals surface area contributed by atoms with Gasteiger partial charge in [-0.2, -0.15) is 4.31 Å². The second kappa shape index (κ2) is 7.55. The van der Waals surface area contributed by atoms with E-state index in [2.05, 4.69) is 0 Å². The van der Waals surface area contributed by atoms with Gasteiger partial charge < -0.3 is 4.74 Å². The average Bonchev–Trinajstić information content (AvgIpc) is 3.45. The van der Waals surface area contributed by atoms with Crippen molar-refractivity contribution in [3.05, 3.63) is 46.7 Å². The first-order chi connectivity index (χ1) is 13.9. The van der Waals surface area contributed by atoms with Crippen molar-refractivity contribution >= 4 is 33.2 Å². The summed E-state index contributed by atoms with van der Waals surface area (Å²) in [7, 11) is -2.27. The summed E-state index contributed by atoms with van der Waals surface area (Å²) in [4.78, 5) is 28.6. The normalized spacial score (nSPS) is 23.4. The molecular weight excluding hydrogens is 412 g/mol. The van der Waals surface area contributed by atoms with Crippen molar-refractivity contribution in [3.63, 3.8) is 0 Å². The van der Waals surface area contributed by atoms with Gasteiger partial charge in [0.15, 0.2) is 0 Å². The van der Waals surface area contributed by atoms with Crippen LogP contribution >= 0.6 is 11.3 Å². The third kappa shape index (κ3) is 3.27. The first kappa shape index (κ1) is 20.1. The van der Waals surface area contributed by atoms with Gasteiger partial charge in [-0.05, 0) is 42.1 Å². The minimum Gasteiger partial charge on any atom is -0.497 e. The van der Waals surface area contributed by atoms with E-state index < -0.39 is 21.9 Å². The maximum absolute atomic E-state index is 13.1. The fourth-order valence-corrected chi connectivity index (χ4v) is 6.52. The lowest BCUT2D eigenvalue weighted by Gasteiger charge is -2.26. The molecule has 0 spiro atoms. The van der Waals surface area contributed by atoms with Crippen LogP contribution in [0.1, 0.15) is 24.3 Å². The Morgan fingerprint density at radius 3 is 2.21 bits per heavy atom. The van der Waals surface area contributed by atoms with E-state index >= 15 is 0 Å². The van der Waals surface area contributed by atoms with E-state index in [9.17, 15) is 18.0 Å². The molecule has 2 fully saturated rings. The Balaban J connectivity index is 1.56. The molecule has 2 amide bonds. The van der Waals surface area contributed by atoms with Gasteiger partial charge in [0.1, 0.15) is 5.75 Å². The fourth-order valence-electron chi connectivity index (χ4n) is 4.13. The van der Waals surface area contributed by atoms with Gasteiger partial charge in [-0.1, -0.05) is 13.0 Å². The summed E-state index contributed by atoms with van der Waals surface area (Å²) in [5.41, 5.74) is 0. The van der Waals surface area contributed by atoms with E-state index in [0.717, 1.165) is 4.88 Å². The lowest BCUT2D eigenvalue weighted by Crippen LogP contribution is -2.39. The molecule has 2 aromatic rings. The minimum absolute atomic E-state index is 0.0287. The van der Waals surface area contributed by atoms with Crippen molar-refractivity contribution in [2.75, 3.05) is 20.2 Å². The Labute approximate surface area is 173 Å². The number of sulfonamides is 1. The SMILES string of the molecule is CCC(c1cccs1)N1C(=O)[C@H]2CN(S(=O)(=O)c3ccc(OC)cc3)C[C@H]2C1=O. The van der Waals surface area contributed by atoms with Crippen LogP contribution in [0.25, 0.3) is 0 Å². The summed E-state index contributed by atoms with van der Waals surface area (Å²) in [6.07, 6.45) is 0.630. The number of carbonyl (C=O) groups excluding carboxylic acids is 2. The zero-order valence-electron chi connectivity index (χ0n) is 16.1. The van der Waals surface area contributed by atoms with E-state index in [-0.39, 0.29) is 35.8 Å². The first-order valence-corrected chi connectivity index (χ1v) is 11.7. The Morgan fingerprint density at radius 2 is 1.72 bits per heavy atom. The predicted molar refractivity (Wildman–Crippen MR) is 108 cm³/mol. The van der Waals surface area contributed by atoms with Crippen molar-refractivity contribution in [2.24, 2.45) is 11.8 Å². The zero-order chi connectivity index (χ0) is 20.8. The van der Waals surface area contributed by atoms with Crippen LogP contribution in [0.5, 0.6) is 5.75 Å². The number of likely N-dealkylation sites (tertiary alicyclic amines) is 1. The molecule has 2 aliphatic rings. The number of carbonyl (C=O) groups is 2. The molecule has 2 aliphatic heterocycles. The minimum atomic E-state index is -3.78. The van der Waals surface area contributed by atoms with Crippen LogP contribution in [0.15, 0.2) is 46.7 Å². The van der Waals surface area contributed by atoms with Crippen LogP contribution in [0.2, 0.25) is 0 Å². The molecule has 3 atom stereocenters. The second-order valence-corrected chi connectivity index (χ2v) is 10.1. The maximum Gasteiger partial charge on any atom is 0.243 e. The lowest BCUT2D eigenvalue weighted by atomic mass is 10.00. The predicted octanol–water partition coefficient (Wildman–Crippen LogP) is 2.51. The van der Waals surface area contributed by atoms with Gasteiger partial charge in [-0.3, -0.25) is 14.5 Å². The number of hydrogen-bond acceptors (Lipinski definition) is 6. The fraction of sp³-hybridized carbons (Fsp3) is 0.400. The number of hydrogen-bond donors (Lipinski definition) is 0. The highest BCUT2D eigenvalue weighted by atomic mass is 32.2. The molecule has 29 heavy (non-hydrogen) atoms. The summed E-state index contributed by atoms with van der Waals surface area (Å²) in [5, 5.41) is 1.92. The maximum atomic E-state index is 13.1. The summed E-state index contributed by atoms with van der Waals surface area (Å²) in [6, 6.07) is 9.64. The van der Waals surface area contributed by atoms with Crippen LogP contribution in [0.4, 0.5) is 0 Å². The van der Waals surface area contributed by atoms with Crippen LogP contribution in [0, 0.1) is 11.8 Å². The van der Waals surface area contributed by atoms with Gasteiger partial charge in [0.25, 0.3) is 0 Å². The van der Waals surface area contributed by atoms with E-state index in [0.29, 0.717) is 12.2 Å². The molecule has 7 nitrogen and oxygen atoms in total. The summed E-state index contributed by atoms with van der Waals surface area (Å²) in [6.45, 7) is 2.00. The molecule has 0 N–H and O–H groups in total. The molecule has 0 saturated carbocycles.